The van der Waals surface area contributed by atoms with E-state index in [4.69, 9.17) is 15.2 Å². The van der Waals surface area contributed by atoms with Crippen molar-refractivity contribution in [1.82, 2.24) is 10.2 Å². The zero-order valence-electron chi connectivity index (χ0n) is 21.2. The average Bonchev–Trinajstić information content (AvgIpc) is 2.93. The standard InChI is InChI=1S/C29H34N4O4/c1-36-27-10-3-2-9-26(27)33-19-17-32(18-20-33)16-5-4-15-31-29(35)37-25-13-11-22(12-14-25)23-7-6-8-24(21-23)28(30)34/h2-3,6-14,21H,4-5,15-20H2,1H3,(H2,30,34)(H,31,35). The number of amides is 2. The average molecular weight is 503 g/mol. The quantitative estimate of drug-likeness (QED) is 0.404. The van der Waals surface area contributed by atoms with Gasteiger partial charge in [0, 0.05) is 38.3 Å². The molecule has 4 rings (SSSR count). The van der Waals surface area contributed by atoms with Gasteiger partial charge in [0.15, 0.2) is 0 Å². The lowest BCUT2D eigenvalue weighted by Crippen LogP contribution is -2.46. The second-order valence-electron chi connectivity index (χ2n) is 8.99. The van der Waals surface area contributed by atoms with Crippen LogP contribution >= 0.6 is 0 Å². The summed E-state index contributed by atoms with van der Waals surface area (Å²) in [6.45, 7) is 5.54. The molecule has 3 aromatic rings. The Kier molecular flexibility index (Phi) is 8.99. The highest BCUT2D eigenvalue weighted by molar-refractivity contribution is 5.94. The number of rotatable bonds is 10. The molecule has 1 aliphatic rings. The summed E-state index contributed by atoms with van der Waals surface area (Å²) in [6.07, 6.45) is 1.43. The first-order valence-electron chi connectivity index (χ1n) is 12.6. The minimum atomic E-state index is -0.467. The summed E-state index contributed by atoms with van der Waals surface area (Å²) in [5.41, 5.74) is 8.73. The summed E-state index contributed by atoms with van der Waals surface area (Å²) in [6, 6.07) is 22.4. The number of nitrogens with zero attached hydrogens (tertiary/aromatic N) is 2. The molecule has 37 heavy (non-hydrogen) atoms. The van der Waals surface area contributed by atoms with Crippen LogP contribution in [0.15, 0.2) is 72.8 Å². The normalized spacial score (nSPS) is 13.7. The molecule has 8 nitrogen and oxygen atoms in total. The second kappa shape index (κ2) is 12.8. The maximum absolute atomic E-state index is 12.2. The smallest absolute Gasteiger partial charge is 0.412 e. The van der Waals surface area contributed by atoms with Gasteiger partial charge in [-0.3, -0.25) is 9.69 Å². The number of hydrogen-bond donors (Lipinski definition) is 2. The van der Waals surface area contributed by atoms with Crippen molar-refractivity contribution in [1.29, 1.82) is 0 Å². The summed E-state index contributed by atoms with van der Waals surface area (Å²) in [5.74, 6) is 0.908. The fraction of sp³-hybridized carbons (Fsp3) is 0.310. The molecule has 1 aliphatic heterocycles. The van der Waals surface area contributed by atoms with Gasteiger partial charge < -0.3 is 25.4 Å². The molecule has 0 bridgehead atoms. The van der Waals surface area contributed by atoms with Gasteiger partial charge in [0.25, 0.3) is 0 Å². The monoisotopic (exact) mass is 502 g/mol. The second-order valence-corrected chi connectivity index (χ2v) is 8.99. The molecule has 0 unspecified atom stereocenters. The zero-order chi connectivity index (χ0) is 26.0. The van der Waals surface area contributed by atoms with Crippen LogP contribution in [0.3, 0.4) is 0 Å². The van der Waals surface area contributed by atoms with Crippen molar-refractivity contribution in [3.63, 3.8) is 0 Å². The van der Waals surface area contributed by atoms with E-state index < -0.39 is 12.0 Å². The number of benzene rings is 3. The molecule has 0 aliphatic carbocycles. The van der Waals surface area contributed by atoms with Crippen LogP contribution in [0, 0.1) is 0 Å². The van der Waals surface area contributed by atoms with Gasteiger partial charge in [-0.05, 0) is 66.9 Å². The Bertz CT molecular complexity index is 1190. The van der Waals surface area contributed by atoms with E-state index in [1.165, 1.54) is 0 Å². The molecule has 0 saturated carbocycles. The van der Waals surface area contributed by atoms with Gasteiger partial charge in [-0.15, -0.1) is 0 Å². The molecule has 1 saturated heterocycles. The molecule has 0 atom stereocenters. The molecule has 0 spiro atoms. The highest BCUT2D eigenvalue weighted by Crippen LogP contribution is 2.28. The van der Waals surface area contributed by atoms with Gasteiger partial charge in [0.05, 0.1) is 12.8 Å². The highest BCUT2D eigenvalue weighted by Gasteiger charge is 2.19. The Hall–Kier alpha value is -4.04. The van der Waals surface area contributed by atoms with E-state index in [1.807, 2.05) is 36.4 Å². The van der Waals surface area contributed by atoms with Crippen LogP contribution in [0.4, 0.5) is 10.5 Å². The summed E-state index contributed by atoms with van der Waals surface area (Å²) >= 11 is 0. The number of piperazine rings is 1. The van der Waals surface area contributed by atoms with E-state index in [0.29, 0.717) is 17.9 Å². The number of anilines is 1. The number of ether oxygens (including phenoxy) is 2. The SMILES string of the molecule is COc1ccccc1N1CCN(CCCCNC(=O)Oc2ccc(-c3cccc(C(N)=O)c3)cc2)CC1. The van der Waals surface area contributed by atoms with Gasteiger partial charge in [-0.1, -0.05) is 36.4 Å². The Balaban J connectivity index is 1.13. The lowest BCUT2D eigenvalue weighted by molar-refractivity contribution is 0.1000. The van der Waals surface area contributed by atoms with Crippen LogP contribution in [-0.2, 0) is 0 Å². The molecule has 1 heterocycles. The predicted octanol–water partition coefficient (Wildman–Crippen LogP) is 4.15. The van der Waals surface area contributed by atoms with Crippen molar-refractivity contribution in [3.8, 4) is 22.6 Å². The van der Waals surface area contributed by atoms with Crippen molar-refractivity contribution in [3.05, 3.63) is 78.4 Å². The summed E-state index contributed by atoms with van der Waals surface area (Å²) < 4.78 is 10.9. The lowest BCUT2D eigenvalue weighted by atomic mass is 10.0. The van der Waals surface area contributed by atoms with Crippen LogP contribution in [0.5, 0.6) is 11.5 Å². The third-order valence-corrected chi connectivity index (χ3v) is 6.51. The minimum Gasteiger partial charge on any atom is -0.495 e. The molecular formula is C29H34N4O4. The molecule has 3 aromatic carbocycles. The molecule has 3 N–H and O–H groups in total. The van der Waals surface area contributed by atoms with Gasteiger partial charge in [-0.2, -0.15) is 0 Å². The third-order valence-electron chi connectivity index (χ3n) is 6.51. The Labute approximate surface area is 218 Å². The molecule has 8 heteroatoms. The first-order valence-corrected chi connectivity index (χ1v) is 12.6. The number of hydrogen-bond acceptors (Lipinski definition) is 6. The molecule has 0 aromatic heterocycles. The summed E-state index contributed by atoms with van der Waals surface area (Å²) in [7, 11) is 1.71. The van der Waals surface area contributed by atoms with Gasteiger partial charge >= 0.3 is 6.09 Å². The maximum Gasteiger partial charge on any atom is 0.412 e. The predicted molar refractivity (Wildman–Crippen MR) is 145 cm³/mol. The number of methoxy groups -OCH3 is 1. The van der Waals surface area contributed by atoms with Crippen molar-refractivity contribution in [2.24, 2.45) is 5.73 Å². The fourth-order valence-corrected chi connectivity index (χ4v) is 4.46. The van der Waals surface area contributed by atoms with Crippen LogP contribution < -0.4 is 25.4 Å². The van der Waals surface area contributed by atoms with Crippen LogP contribution in [0.2, 0.25) is 0 Å². The fourth-order valence-electron chi connectivity index (χ4n) is 4.46. The first-order chi connectivity index (χ1) is 18.0. The van der Waals surface area contributed by atoms with Gasteiger partial charge in [0.2, 0.25) is 5.91 Å². The van der Waals surface area contributed by atoms with E-state index in [9.17, 15) is 9.59 Å². The minimum absolute atomic E-state index is 0.451. The van der Waals surface area contributed by atoms with Crippen molar-refractivity contribution in [2.75, 3.05) is 51.3 Å². The Morgan fingerprint density at radius 2 is 1.65 bits per heavy atom. The van der Waals surface area contributed by atoms with E-state index >= 15 is 0 Å². The summed E-state index contributed by atoms with van der Waals surface area (Å²) in [5, 5.41) is 2.82. The third kappa shape index (κ3) is 7.24. The highest BCUT2D eigenvalue weighted by atomic mass is 16.6. The number of para-hydroxylation sites is 2. The van der Waals surface area contributed by atoms with Crippen LogP contribution in [0.25, 0.3) is 11.1 Å². The van der Waals surface area contributed by atoms with Crippen LogP contribution in [-0.4, -0.2) is 63.3 Å². The molecule has 2 amide bonds. The van der Waals surface area contributed by atoms with Gasteiger partial charge in [-0.25, -0.2) is 4.79 Å². The number of carbonyl (C=O) groups is 2. The molecule has 0 radical (unpaired) electrons. The molecule has 1 fully saturated rings. The molecule has 194 valence electrons. The van der Waals surface area contributed by atoms with E-state index in [-0.39, 0.29) is 0 Å². The van der Waals surface area contributed by atoms with Gasteiger partial charge in [0.1, 0.15) is 11.5 Å². The number of nitrogens with two attached hydrogens (primary N) is 1. The zero-order valence-corrected chi connectivity index (χ0v) is 21.2. The topological polar surface area (TPSA) is 97.1 Å². The van der Waals surface area contributed by atoms with Crippen molar-refractivity contribution >= 4 is 17.7 Å². The van der Waals surface area contributed by atoms with E-state index in [2.05, 4.69) is 21.2 Å². The summed E-state index contributed by atoms with van der Waals surface area (Å²) in [4.78, 5) is 28.4. The van der Waals surface area contributed by atoms with Crippen LogP contribution in [0.1, 0.15) is 23.2 Å². The number of nitrogens with one attached hydrogen (secondary N) is 1. The van der Waals surface area contributed by atoms with E-state index in [0.717, 1.165) is 68.1 Å². The molecular weight excluding hydrogens is 468 g/mol. The number of unbranched alkanes of at least 4 members (excludes halogenated alkanes) is 1. The lowest BCUT2D eigenvalue weighted by Gasteiger charge is -2.36. The van der Waals surface area contributed by atoms with Crippen molar-refractivity contribution in [2.45, 2.75) is 12.8 Å². The Morgan fingerprint density at radius 1 is 0.892 bits per heavy atom. The number of primary amides is 1. The first kappa shape index (κ1) is 26.0. The number of carbonyl (C=O) groups excluding carboxylic acids is 2. The Morgan fingerprint density at radius 3 is 2.38 bits per heavy atom. The maximum atomic E-state index is 12.2. The van der Waals surface area contributed by atoms with E-state index in [1.54, 1.807) is 37.4 Å². The van der Waals surface area contributed by atoms with Crippen molar-refractivity contribution < 1.29 is 19.1 Å². The largest absolute Gasteiger partial charge is 0.495 e.